The number of para-hydroxylation sites is 1. The van der Waals surface area contributed by atoms with Gasteiger partial charge in [0, 0.05) is 35.1 Å². The highest BCUT2D eigenvalue weighted by molar-refractivity contribution is 5.89. The van der Waals surface area contributed by atoms with E-state index in [2.05, 4.69) is 76.8 Å². The Labute approximate surface area is 272 Å². The SMILES string of the molecule is COC(=O)[C@@H]1Cc2c([nH]c3ccccc23)[C@H](c2ccc(C(C)C)cc2)N1c1nc(NC2CCCCC2)nc(NC2CCCCC2)n1. The normalized spacial score (nSPS) is 20.9. The lowest BCUT2D eigenvalue weighted by molar-refractivity contribution is -0.142. The molecule has 2 atom stereocenters. The number of anilines is 3. The molecule has 0 radical (unpaired) electrons. The van der Waals surface area contributed by atoms with E-state index in [1.807, 2.05) is 6.07 Å². The molecule has 3 N–H and O–H groups in total. The van der Waals surface area contributed by atoms with Gasteiger partial charge in [0.15, 0.2) is 0 Å². The van der Waals surface area contributed by atoms with Gasteiger partial charge in [-0.2, -0.15) is 15.0 Å². The molecule has 2 fully saturated rings. The number of hydrogen-bond acceptors (Lipinski definition) is 8. The molecule has 2 aliphatic carbocycles. The fourth-order valence-electron chi connectivity index (χ4n) is 7.73. The fraction of sp³-hybridized carbons (Fsp3) is 0.514. The highest BCUT2D eigenvalue weighted by atomic mass is 16.5. The van der Waals surface area contributed by atoms with E-state index < -0.39 is 6.04 Å². The minimum Gasteiger partial charge on any atom is -0.467 e. The number of nitrogens with zero attached hydrogens (tertiary/aromatic N) is 4. The Bertz CT molecular complexity index is 1620. The minimum atomic E-state index is -0.626. The smallest absolute Gasteiger partial charge is 0.328 e. The van der Waals surface area contributed by atoms with Crippen molar-refractivity contribution < 1.29 is 9.53 Å². The number of hydrogen-bond donors (Lipinski definition) is 3. The second kappa shape index (κ2) is 13.3. The number of carbonyl (C=O) groups is 1. The molecule has 2 saturated carbocycles. The van der Waals surface area contributed by atoms with Gasteiger partial charge < -0.3 is 25.3 Å². The first-order valence-electron chi connectivity index (χ1n) is 17.3. The maximum atomic E-state index is 13.8. The summed E-state index contributed by atoms with van der Waals surface area (Å²) >= 11 is 0. The lowest BCUT2D eigenvalue weighted by Crippen LogP contribution is -2.50. The van der Waals surface area contributed by atoms with Crippen molar-refractivity contribution in [3.05, 3.63) is 70.9 Å². The third kappa shape index (κ3) is 6.16. The number of aromatic amines is 1. The maximum absolute atomic E-state index is 13.8. The topological polar surface area (TPSA) is 108 Å². The van der Waals surface area contributed by atoms with Crippen LogP contribution in [-0.4, -0.2) is 51.1 Å². The van der Waals surface area contributed by atoms with Crippen LogP contribution in [0, 0.1) is 0 Å². The number of rotatable bonds is 8. The molecule has 0 amide bonds. The van der Waals surface area contributed by atoms with Crippen LogP contribution in [0.5, 0.6) is 0 Å². The molecule has 0 unspecified atom stereocenters. The van der Waals surface area contributed by atoms with Crippen molar-refractivity contribution in [1.82, 2.24) is 19.9 Å². The molecule has 9 heteroatoms. The quantitative estimate of drug-likeness (QED) is 0.172. The zero-order valence-electron chi connectivity index (χ0n) is 27.4. The molecule has 0 saturated heterocycles. The highest BCUT2D eigenvalue weighted by Gasteiger charge is 2.43. The number of esters is 1. The van der Waals surface area contributed by atoms with Crippen molar-refractivity contribution in [2.24, 2.45) is 0 Å². The van der Waals surface area contributed by atoms with Gasteiger partial charge in [0.25, 0.3) is 0 Å². The first-order chi connectivity index (χ1) is 22.5. The summed E-state index contributed by atoms with van der Waals surface area (Å²) in [5.74, 6) is 1.71. The zero-order chi connectivity index (χ0) is 31.6. The Morgan fingerprint density at radius 3 is 2.04 bits per heavy atom. The lowest BCUT2D eigenvalue weighted by Gasteiger charge is -2.41. The maximum Gasteiger partial charge on any atom is 0.328 e. The van der Waals surface area contributed by atoms with E-state index in [0.29, 0.717) is 42.3 Å². The molecule has 2 aromatic carbocycles. The summed E-state index contributed by atoms with van der Waals surface area (Å²) < 4.78 is 5.49. The molecule has 3 aliphatic rings. The molecule has 7 rings (SSSR count). The van der Waals surface area contributed by atoms with Crippen molar-refractivity contribution in [1.29, 1.82) is 0 Å². The summed E-state index contributed by atoms with van der Waals surface area (Å²) in [6, 6.07) is 16.8. The van der Waals surface area contributed by atoms with Gasteiger partial charge in [-0.25, -0.2) is 4.79 Å². The van der Waals surface area contributed by atoms with Gasteiger partial charge in [-0.3, -0.25) is 0 Å². The molecule has 0 spiro atoms. The Hall–Kier alpha value is -4.14. The van der Waals surface area contributed by atoms with E-state index in [9.17, 15) is 4.79 Å². The van der Waals surface area contributed by atoms with Crippen LogP contribution in [0.15, 0.2) is 48.5 Å². The van der Waals surface area contributed by atoms with Crippen molar-refractivity contribution in [2.75, 3.05) is 22.6 Å². The second-order valence-electron chi connectivity index (χ2n) is 13.7. The van der Waals surface area contributed by atoms with Crippen LogP contribution in [0.2, 0.25) is 0 Å². The molecular formula is C37H47N7O2. The molecule has 0 bridgehead atoms. The molecule has 242 valence electrons. The van der Waals surface area contributed by atoms with Gasteiger partial charge >= 0.3 is 5.97 Å². The predicted octanol–water partition coefficient (Wildman–Crippen LogP) is 7.66. The number of ether oxygens (including phenoxy) is 1. The van der Waals surface area contributed by atoms with E-state index in [1.165, 1.54) is 51.2 Å². The third-order valence-electron chi connectivity index (χ3n) is 10.3. The molecular weight excluding hydrogens is 574 g/mol. The number of methoxy groups -OCH3 is 1. The van der Waals surface area contributed by atoms with E-state index in [-0.39, 0.29) is 12.0 Å². The van der Waals surface area contributed by atoms with Crippen LogP contribution in [-0.2, 0) is 16.0 Å². The number of fused-ring (bicyclic) bond motifs is 3. The Morgan fingerprint density at radius 1 is 0.848 bits per heavy atom. The van der Waals surface area contributed by atoms with Gasteiger partial charge in [0.05, 0.1) is 13.2 Å². The number of nitrogens with one attached hydrogen (secondary N) is 3. The third-order valence-corrected chi connectivity index (χ3v) is 10.3. The van der Waals surface area contributed by atoms with E-state index >= 15 is 0 Å². The molecule has 3 heterocycles. The summed E-state index contributed by atoms with van der Waals surface area (Å²) in [7, 11) is 1.47. The minimum absolute atomic E-state index is 0.302. The van der Waals surface area contributed by atoms with Crippen LogP contribution < -0.4 is 15.5 Å². The number of benzene rings is 2. The summed E-state index contributed by atoms with van der Waals surface area (Å²) in [6.07, 6.45) is 12.3. The lowest BCUT2D eigenvalue weighted by atomic mass is 9.87. The number of carbonyl (C=O) groups excluding carboxylic acids is 1. The van der Waals surface area contributed by atoms with Crippen molar-refractivity contribution >= 4 is 34.7 Å². The van der Waals surface area contributed by atoms with Crippen LogP contribution in [0.4, 0.5) is 17.8 Å². The van der Waals surface area contributed by atoms with Gasteiger partial charge in [-0.1, -0.05) is 94.8 Å². The molecule has 2 aromatic heterocycles. The van der Waals surface area contributed by atoms with Gasteiger partial charge in [0.2, 0.25) is 17.8 Å². The van der Waals surface area contributed by atoms with Crippen LogP contribution in [0.25, 0.3) is 10.9 Å². The Balaban J connectivity index is 1.38. The molecule has 1 aliphatic heterocycles. The molecule has 9 nitrogen and oxygen atoms in total. The summed E-state index contributed by atoms with van der Waals surface area (Å²) in [5.41, 5.74) is 5.58. The first-order valence-corrected chi connectivity index (χ1v) is 17.3. The Morgan fingerprint density at radius 2 is 1.46 bits per heavy atom. The number of aromatic nitrogens is 4. The summed E-state index contributed by atoms with van der Waals surface area (Å²) in [5, 5.41) is 8.45. The fourth-order valence-corrected chi connectivity index (χ4v) is 7.73. The van der Waals surface area contributed by atoms with Crippen molar-refractivity contribution in [2.45, 2.75) is 115 Å². The predicted molar refractivity (Wildman–Crippen MR) is 183 cm³/mol. The van der Waals surface area contributed by atoms with Crippen molar-refractivity contribution in [3.8, 4) is 0 Å². The standard InChI is InChI=1S/C37H47N7O2/c1-23(2)24-18-20-25(21-19-24)33-32-29(28-16-10-11-17-30(28)40-32)22-31(34(45)46-3)44(33)37-42-35(38-26-12-6-4-7-13-26)41-36(43-37)39-27-14-8-5-9-15-27/h10-11,16-21,23,26-27,31,33,40H,4-9,12-15,22H2,1-3H3,(H2,38,39,41,42,43)/t31-,33-/m0/s1. The monoisotopic (exact) mass is 621 g/mol. The van der Waals surface area contributed by atoms with Crippen LogP contribution in [0.3, 0.4) is 0 Å². The van der Waals surface area contributed by atoms with E-state index in [4.69, 9.17) is 19.7 Å². The van der Waals surface area contributed by atoms with Crippen molar-refractivity contribution in [3.63, 3.8) is 0 Å². The average molecular weight is 622 g/mol. The Kier molecular flexibility index (Phi) is 8.82. The van der Waals surface area contributed by atoms with Crippen LogP contribution in [0.1, 0.15) is 112 Å². The largest absolute Gasteiger partial charge is 0.467 e. The van der Waals surface area contributed by atoms with E-state index in [0.717, 1.165) is 53.4 Å². The second-order valence-corrected chi connectivity index (χ2v) is 13.7. The summed E-state index contributed by atoms with van der Waals surface area (Å²) in [4.78, 5) is 34.7. The molecule has 46 heavy (non-hydrogen) atoms. The van der Waals surface area contributed by atoms with E-state index in [1.54, 1.807) is 0 Å². The van der Waals surface area contributed by atoms with Gasteiger partial charge in [0.1, 0.15) is 6.04 Å². The zero-order valence-corrected chi connectivity index (χ0v) is 27.4. The van der Waals surface area contributed by atoms with Crippen LogP contribution >= 0.6 is 0 Å². The highest BCUT2D eigenvalue weighted by Crippen LogP contribution is 2.43. The average Bonchev–Trinajstić information content (AvgIpc) is 3.46. The van der Waals surface area contributed by atoms with Gasteiger partial charge in [-0.15, -0.1) is 0 Å². The first kappa shape index (κ1) is 30.5. The van der Waals surface area contributed by atoms with Gasteiger partial charge in [-0.05, 0) is 54.4 Å². The number of H-pyrrole nitrogens is 1. The summed E-state index contributed by atoms with van der Waals surface area (Å²) in [6.45, 7) is 4.41. The molecule has 4 aromatic rings.